The van der Waals surface area contributed by atoms with E-state index in [4.69, 9.17) is 11.6 Å². The number of hydrogen-bond acceptors (Lipinski definition) is 3. The summed E-state index contributed by atoms with van der Waals surface area (Å²) in [6.07, 6.45) is 0. The number of rotatable bonds is 7. The predicted octanol–water partition coefficient (Wildman–Crippen LogP) is 4.86. The highest BCUT2D eigenvalue weighted by molar-refractivity contribution is 7.92. The van der Waals surface area contributed by atoms with E-state index in [-0.39, 0.29) is 10.7 Å². The Kier molecular flexibility index (Phi) is 6.97. The Morgan fingerprint density at radius 2 is 1.71 bits per heavy atom. The number of hydrogen-bond donors (Lipinski definition) is 1. The van der Waals surface area contributed by atoms with Crippen LogP contribution in [0.5, 0.6) is 0 Å². The Morgan fingerprint density at radius 1 is 1.06 bits per heavy atom. The molecule has 5 nitrogen and oxygen atoms in total. The number of carbonyl (C=O) groups excluding carboxylic acids is 1. The van der Waals surface area contributed by atoms with Crippen LogP contribution in [0.15, 0.2) is 77.7 Å². The zero-order valence-corrected chi connectivity index (χ0v) is 18.6. The van der Waals surface area contributed by atoms with Crippen molar-refractivity contribution in [1.29, 1.82) is 0 Å². The van der Waals surface area contributed by atoms with Gasteiger partial charge in [-0.25, -0.2) is 12.8 Å². The van der Waals surface area contributed by atoms with Crippen LogP contribution < -0.4 is 9.62 Å². The molecule has 0 heterocycles. The third-order valence-electron chi connectivity index (χ3n) is 4.79. The molecular formula is C23H22ClFN2O3S. The highest BCUT2D eigenvalue weighted by Crippen LogP contribution is 2.29. The molecule has 0 unspecified atom stereocenters. The first-order valence-electron chi connectivity index (χ1n) is 9.57. The maximum Gasteiger partial charge on any atom is 0.264 e. The molecule has 1 N–H and O–H groups in total. The maximum atomic E-state index is 13.4. The van der Waals surface area contributed by atoms with Crippen molar-refractivity contribution in [1.82, 2.24) is 5.32 Å². The average molecular weight is 461 g/mol. The fourth-order valence-electron chi connectivity index (χ4n) is 3.17. The van der Waals surface area contributed by atoms with E-state index in [9.17, 15) is 17.6 Å². The molecule has 0 spiro atoms. The molecule has 3 rings (SSSR count). The molecular weight excluding hydrogens is 439 g/mol. The number of carbonyl (C=O) groups is 1. The van der Waals surface area contributed by atoms with Gasteiger partial charge in [-0.3, -0.25) is 9.10 Å². The van der Waals surface area contributed by atoms with Gasteiger partial charge in [-0.2, -0.15) is 0 Å². The highest BCUT2D eigenvalue weighted by Gasteiger charge is 2.28. The number of aryl methyl sites for hydroxylation is 1. The molecule has 31 heavy (non-hydrogen) atoms. The van der Waals surface area contributed by atoms with Gasteiger partial charge in [0.25, 0.3) is 10.0 Å². The predicted molar refractivity (Wildman–Crippen MR) is 120 cm³/mol. The van der Waals surface area contributed by atoms with E-state index >= 15 is 0 Å². The number of nitrogens with one attached hydrogen (secondary N) is 1. The minimum absolute atomic E-state index is 0.0729. The van der Waals surface area contributed by atoms with Crippen LogP contribution >= 0.6 is 11.6 Å². The number of amides is 1. The minimum Gasteiger partial charge on any atom is -0.348 e. The van der Waals surface area contributed by atoms with E-state index in [0.29, 0.717) is 21.8 Å². The second-order valence-corrected chi connectivity index (χ2v) is 9.40. The fraction of sp³-hybridized carbons (Fsp3) is 0.174. The van der Waals surface area contributed by atoms with E-state index in [0.717, 1.165) is 4.31 Å². The third kappa shape index (κ3) is 5.42. The van der Waals surface area contributed by atoms with Crippen LogP contribution in [0.2, 0.25) is 5.02 Å². The summed E-state index contributed by atoms with van der Waals surface area (Å²) < 4.78 is 41.0. The summed E-state index contributed by atoms with van der Waals surface area (Å²) in [4.78, 5) is 12.9. The van der Waals surface area contributed by atoms with Crippen molar-refractivity contribution in [3.63, 3.8) is 0 Å². The first-order chi connectivity index (χ1) is 14.7. The van der Waals surface area contributed by atoms with Gasteiger partial charge in [-0.1, -0.05) is 41.9 Å². The average Bonchev–Trinajstić information content (AvgIpc) is 2.73. The van der Waals surface area contributed by atoms with Gasteiger partial charge in [0.15, 0.2) is 0 Å². The van der Waals surface area contributed by atoms with Crippen molar-refractivity contribution in [2.45, 2.75) is 24.8 Å². The topological polar surface area (TPSA) is 66.5 Å². The lowest BCUT2D eigenvalue weighted by Gasteiger charge is -2.26. The summed E-state index contributed by atoms with van der Waals surface area (Å²) in [6, 6.07) is 18.0. The number of sulfonamides is 1. The molecule has 1 amide bonds. The summed E-state index contributed by atoms with van der Waals surface area (Å²) in [5, 5.41) is 3.24. The lowest BCUT2D eigenvalue weighted by atomic mass is 10.1. The molecule has 1 atom stereocenters. The number of benzene rings is 3. The van der Waals surface area contributed by atoms with Crippen molar-refractivity contribution in [3.8, 4) is 0 Å². The second kappa shape index (κ2) is 9.49. The molecule has 0 aromatic heterocycles. The molecule has 0 saturated carbocycles. The van der Waals surface area contributed by atoms with E-state index in [1.807, 2.05) is 0 Å². The van der Waals surface area contributed by atoms with E-state index in [1.165, 1.54) is 24.3 Å². The SMILES string of the molecule is Cc1cc(Cl)ccc1N(CC(=O)N[C@@H](C)c1ccc(F)cc1)S(=O)(=O)c1ccccc1. The third-order valence-corrected chi connectivity index (χ3v) is 6.80. The van der Waals surface area contributed by atoms with Crippen LogP contribution in [-0.4, -0.2) is 20.9 Å². The van der Waals surface area contributed by atoms with Gasteiger partial charge >= 0.3 is 0 Å². The molecule has 0 fully saturated rings. The molecule has 0 saturated heterocycles. The summed E-state index contributed by atoms with van der Waals surface area (Å²) in [5.74, 6) is -0.869. The molecule has 0 aliphatic carbocycles. The Balaban J connectivity index is 1.91. The van der Waals surface area contributed by atoms with Crippen molar-refractivity contribution in [2.24, 2.45) is 0 Å². The van der Waals surface area contributed by atoms with E-state index < -0.39 is 28.5 Å². The summed E-state index contributed by atoms with van der Waals surface area (Å²) in [6.45, 7) is 3.05. The zero-order valence-electron chi connectivity index (χ0n) is 17.0. The number of halogens is 2. The lowest BCUT2D eigenvalue weighted by Crippen LogP contribution is -2.41. The van der Waals surface area contributed by atoms with Crippen LogP contribution in [0.1, 0.15) is 24.1 Å². The molecule has 8 heteroatoms. The molecule has 3 aromatic rings. The van der Waals surface area contributed by atoms with Crippen molar-refractivity contribution < 1.29 is 17.6 Å². The fourth-order valence-corrected chi connectivity index (χ4v) is 4.90. The van der Waals surface area contributed by atoms with E-state index in [2.05, 4.69) is 5.32 Å². The minimum atomic E-state index is -4.01. The van der Waals surface area contributed by atoms with Crippen molar-refractivity contribution >= 4 is 33.2 Å². The van der Waals surface area contributed by atoms with Gasteiger partial charge in [-0.15, -0.1) is 0 Å². The monoisotopic (exact) mass is 460 g/mol. The van der Waals surface area contributed by atoms with Gasteiger partial charge in [0, 0.05) is 5.02 Å². The van der Waals surface area contributed by atoms with Gasteiger partial charge in [0.2, 0.25) is 5.91 Å². The van der Waals surface area contributed by atoms with Gasteiger partial charge < -0.3 is 5.32 Å². The molecule has 3 aromatic carbocycles. The summed E-state index contributed by atoms with van der Waals surface area (Å²) in [7, 11) is -4.01. The van der Waals surface area contributed by atoms with Crippen molar-refractivity contribution in [2.75, 3.05) is 10.8 Å². The normalized spacial score (nSPS) is 12.3. The van der Waals surface area contributed by atoms with E-state index in [1.54, 1.807) is 62.4 Å². The van der Waals surface area contributed by atoms with Crippen molar-refractivity contribution in [3.05, 3.63) is 94.8 Å². The van der Waals surface area contributed by atoms with Crippen LogP contribution in [0.4, 0.5) is 10.1 Å². The maximum absolute atomic E-state index is 13.4. The van der Waals surface area contributed by atoms with Gasteiger partial charge in [0.1, 0.15) is 12.4 Å². The first kappa shape index (κ1) is 22.8. The second-order valence-electron chi connectivity index (χ2n) is 7.10. The van der Waals surface area contributed by atoms with Crippen LogP contribution in [0.3, 0.4) is 0 Å². The standard InChI is InChI=1S/C23H22ClFN2O3S/c1-16-14-19(24)10-13-22(16)27(31(29,30)21-6-4-3-5-7-21)15-23(28)26-17(2)18-8-11-20(25)12-9-18/h3-14,17H,15H2,1-2H3,(H,26,28)/t17-/m0/s1. The van der Waals surface area contributed by atoms with Crippen LogP contribution in [-0.2, 0) is 14.8 Å². The summed E-state index contributed by atoms with van der Waals surface area (Å²) in [5.41, 5.74) is 1.68. The number of anilines is 1. The molecule has 162 valence electrons. The Morgan fingerprint density at radius 3 is 2.32 bits per heavy atom. The largest absolute Gasteiger partial charge is 0.348 e. The van der Waals surface area contributed by atoms with Gasteiger partial charge in [0.05, 0.1) is 16.6 Å². The number of nitrogens with zero attached hydrogens (tertiary/aromatic N) is 1. The lowest BCUT2D eigenvalue weighted by molar-refractivity contribution is -0.120. The molecule has 0 bridgehead atoms. The Hall–Kier alpha value is -2.90. The highest BCUT2D eigenvalue weighted by atomic mass is 35.5. The van der Waals surface area contributed by atoms with Crippen LogP contribution in [0, 0.1) is 12.7 Å². The first-order valence-corrected chi connectivity index (χ1v) is 11.4. The smallest absolute Gasteiger partial charge is 0.264 e. The molecule has 0 radical (unpaired) electrons. The quantitative estimate of drug-likeness (QED) is 0.547. The Labute approximate surface area is 186 Å². The zero-order chi connectivity index (χ0) is 22.6. The Bertz CT molecular complexity index is 1170. The molecule has 0 aliphatic rings. The summed E-state index contributed by atoms with van der Waals surface area (Å²) >= 11 is 6.03. The molecule has 0 aliphatic heterocycles. The van der Waals surface area contributed by atoms with Crippen LogP contribution in [0.25, 0.3) is 0 Å². The van der Waals surface area contributed by atoms with Gasteiger partial charge in [-0.05, 0) is 67.4 Å².